The van der Waals surface area contributed by atoms with Crippen LogP contribution in [0.3, 0.4) is 0 Å². The number of halogens is 1. The molecule has 0 amide bonds. The molecular formula is C16H17IN2. The van der Waals surface area contributed by atoms with E-state index in [4.69, 9.17) is 0 Å². The van der Waals surface area contributed by atoms with E-state index in [2.05, 4.69) is 63.2 Å². The second-order valence-corrected chi connectivity index (χ2v) is 6.26. The number of hydrogen-bond donors (Lipinski definition) is 1. The van der Waals surface area contributed by atoms with E-state index in [1.165, 1.54) is 26.8 Å². The van der Waals surface area contributed by atoms with Crippen LogP contribution in [0.5, 0.6) is 0 Å². The van der Waals surface area contributed by atoms with Gasteiger partial charge >= 0.3 is 0 Å². The SMILES string of the molecule is CNC(c1cccc(I)c1)C1CCc2cccnc21. The molecule has 2 nitrogen and oxygen atoms in total. The molecule has 1 aromatic carbocycles. The average molecular weight is 364 g/mol. The van der Waals surface area contributed by atoms with Gasteiger partial charge < -0.3 is 5.32 Å². The van der Waals surface area contributed by atoms with Crippen molar-refractivity contribution < 1.29 is 0 Å². The lowest BCUT2D eigenvalue weighted by atomic mass is 9.91. The summed E-state index contributed by atoms with van der Waals surface area (Å²) in [7, 11) is 2.05. The minimum Gasteiger partial charge on any atom is -0.312 e. The summed E-state index contributed by atoms with van der Waals surface area (Å²) >= 11 is 2.37. The van der Waals surface area contributed by atoms with E-state index < -0.39 is 0 Å². The van der Waals surface area contributed by atoms with Crippen molar-refractivity contribution in [3.63, 3.8) is 0 Å². The van der Waals surface area contributed by atoms with Gasteiger partial charge in [-0.05, 0) is 71.8 Å². The third kappa shape index (κ3) is 2.54. The van der Waals surface area contributed by atoms with Gasteiger partial charge in [-0.3, -0.25) is 4.98 Å². The van der Waals surface area contributed by atoms with Crippen molar-refractivity contribution >= 4 is 22.6 Å². The molecule has 1 heterocycles. The Morgan fingerprint density at radius 2 is 2.21 bits per heavy atom. The Morgan fingerprint density at radius 3 is 3.00 bits per heavy atom. The summed E-state index contributed by atoms with van der Waals surface area (Å²) < 4.78 is 1.29. The lowest BCUT2D eigenvalue weighted by Crippen LogP contribution is -2.23. The lowest BCUT2D eigenvalue weighted by molar-refractivity contribution is 0.470. The van der Waals surface area contributed by atoms with Crippen LogP contribution >= 0.6 is 22.6 Å². The minimum absolute atomic E-state index is 0.353. The molecule has 0 saturated carbocycles. The summed E-state index contributed by atoms with van der Waals surface area (Å²) in [5, 5.41) is 3.49. The van der Waals surface area contributed by atoms with E-state index in [1.54, 1.807) is 0 Å². The smallest absolute Gasteiger partial charge is 0.0485 e. The Balaban J connectivity index is 1.96. The Labute approximate surface area is 127 Å². The predicted molar refractivity (Wildman–Crippen MR) is 86.3 cm³/mol. The van der Waals surface area contributed by atoms with Gasteiger partial charge in [0.15, 0.2) is 0 Å². The first-order valence-electron chi connectivity index (χ1n) is 6.66. The molecule has 19 heavy (non-hydrogen) atoms. The normalized spacial score (nSPS) is 19.2. The number of rotatable bonds is 3. The van der Waals surface area contributed by atoms with Gasteiger partial charge in [0.1, 0.15) is 0 Å². The fourth-order valence-corrected chi connectivity index (χ4v) is 3.64. The van der Waals surface area contributed by atoms with E-state index in [9.17, 15) is 0 Å². The topological polar surface area (TPSA) is 24.9 Å². The van der Waals surface area contributed by atoms with E-state index in [-0.39, 0.29) is 0 Å². The molecule has 2 aromatic rings. The van der Waals surface area contributed by atoms with Gasteiger partial charge in [0.2, 0.25) is 0 Å². The first kappa shape index (κ1) is 13.1. The first-order chi connectivity index (χ1) is 9.29. The van der Waals surface area contributed by atoms with Crippen LogP contribution in [-0.2, 0) is 6.42 Å². The summed E-state index contributed by atoms with van der Waals surface area (Å²) in [5.74, 6) is 0.486. The van der Waals surface area contributed by atoms with Crippen LogP contribution in [0.15, 0.2) is 42.6 Å². The molecule has 1 aromatic heterocycles. The monoisotopic (exact) mass is 364 g/mol. The minimum atomic E-state index is 0.353. The van der Waals surface area contributed by atoms with Crippen LogP contribution in [0.2, 0.25) is 0 Å². The summed E-state index contributed by atoms with van der Waals surface area (Å²) in [6.45, 7) is 0. The Bertz CT molecular complexity index is 582. The molecule has 0 aliphatic heterocycles. The van der Waals surface area contributed by atoms with E-state index in [1.807, 2.05) is 19.3 Å². The van der Waals surface area contributed by atoms with Crippen LogP contribution in [0.4, 0.5) is 0 Å². The van der Waals surface area contributed by atoms with Crippen LogP contribution in [0.1, 0.15) is 35.2 Å². The summed E-state index contributed by atoms with van der Waals surface area (Å²) in [6.07, 6.45) is 4.25. The first-order valence-corrected chi connectivity index (χ1v) is 7.74. The molecule has 0 radical (unpaired) electrons. The van der Waals surface area contributed by atoms with E-state index >= 15 is 0 Å². The van der Waals surface area contributed by atoms with Gasteiger partial charge in [-0.1, -0.05) is 18.2 Å². The van der Waals surface area contributed by atoms with Crippen LogP contribution in [-0.4, -0.2) is 12.0 Å². The standard InChI is InChI=1S/C16H17IN2/c1-18-15(12-4-2-6-13(17)10-12)14-8-7-11-5-3-9-19-16(11)14/h2-6,9-10,14-15,18H,7-8H2,1H3. The number of hydrogen-bond acceptors (Lipinski definition) is 2. The number of nitrogens with zero attached hydrogens (tertiary/aromatic N) is 1. The average Bonchev–Trinajstić information content (AvgIpc) is 2.84. The van der Waals surface area contributed by atoms with Gasteiger partial charge in [0.05, 0.1) is 0 Å². The maximum atomic E-state index is 4.62. The number of aromatic nitrogens is 1. The Morgan fingerprint density at radius 1 is 1.32 bits per heavy atom. The molecule has 1 N–H and O–H groups in total. The molecule has 3 heteroatoms. The molecule has 0 bridgehead atoms. The van der Waals surface area contributed by atoms with Crippen LogP contribution < -0.4 is 5.32 Å². The molecule has 1 aliphatic carbocycles. The summed E-state index contributed by atoms with van der Waals surface area (Å²) in [4.78, 5) is 4.62. The Kier molecular flexibility index (Phi) is 3.84. The zero-order valence-electron chi connectivity index (χ0n) is 10.9. The molecular weight excluding hydrogens is 347 g/mol. The predicted octanol–water partition coefficient (Wildman–Crippen LogP) is 3.68. The van der Waals surface area contributed by atoms with Gasteiger partial charge in [-0.25, -0.2) is 0 Å². The van der Waals surface area contributed by atoms with Gasteiger partial charge in [0.25, 0.3) is 0 Å². The van der Waals surface area contributed by atoms with Crippen molar-refractivity contribution in [3.05, 3.63) is 63.0 Å². The van der Waals surface area contributed by atoms with Crippen molar-refractivity contribution in [2.24, 2.45) is 0 Å². The molecule has 0 fully saturated rings. The van der Waals surface area contributed by atoms with Crippen molar-refractivity contribution in [1.29, 1.82) is 0 Å². The number of pyridine rings is 1. The zero-order valence-corrected chi connectivity index (χ0v) is 13.1. The van der Waals surface area contributed by atoms with Gasteiger partial charge in [-0.2, -0.15) is 0 Å². The van der Waals surface area contributed by atoms with Crippen molar-refractivity contribution in [2.45, 2.75) is 24.8 Å². The number of aryl methyl sites for hydroxylation is 1. The molecule has 1 aliphatic rings. The fraction of sp³-hybridized carbons (Fsp3) is 0.312. The molecule has 2 atom stereocenters. The second kappa shape index (κ2) is 5.59. The highest BCUT2D eigenvalue weighted by atomic mass is 127. The molecule has 98 valence electrons. The third-order valence-electron chi connectivity index (χ3n) is 3.92. The van der Waals surface area contributed by atoms with Gasteiger partial charge in [0, 0.05) is 27.4 Å². The fourth-order valence-electron chi connectivity index (χ4n) is 3.07. The third-order valence-corrected chi connectivity index (χ3v) is 4.59. The zero-order chi connectivity index (χ0) is 13.2. The number of fused-ring (bicyclic) bond motifs is 1. The highest BCUT2D eigenvalue weighted by Crippen LogP contribution is 2.40. The van der Waals surface area contributed by atoms with E-state index in [0.29, 0.717) is 12.0 Å². The van der Waals surface area contributed by atoms with Gasteiger partial charge in [-0.15, -0.1) is 0 Å². The van der Waals surface area contributed by atoms with Crippen molar-refractivity contribution in [1.82, 2.24) is 10.3 Å². The maximum Gasteiger partial charge on any atom is 0.0485 e. The van der Waals surface area contributed by atoms with E-state index in [0.717, 1.165) is 6.42 Å². The highest BCUT2D eigenvalue weighted by molar-refractivity contribution is 14.1. The molecule has 0 saturated heterocycles. The molecule has 3 rings (SSSR count). The maximum absolute atomic E-state index is 4.62. The molecule has 2 unspecified atom stereocenters. The number of likely N-dealkylation sites (N-methyl/N-ethyl adjacent to an activating group) is 1. The lowest BCUT2D eigenvalue weighted by Gasteiger charge is -2.24. The summed E-state index contributed by atoms with van der Waals surface area (Å²) in [6, 6.07) is 13.4. The van der Waals surface area contributed by atoms with Crippen molar-refractivity contribution in [3.8, 4) is 0 Å². The van der Waals surface area contributed by atoms with Crippen LogP contribution in [0.25, 0.3) is 0 Å². The largest absolute Gasteiger partial charge is 0.312 e. The van der Waals surface area contributed by atoms with Crippen LogP contribution in [0, 0.1) is 3.57 Å². The molecule has 0 spiro atoms. The number of nitrogens with one attached hydrogen (secondary N) is 1. The quantitative estimate of drug-likeness (QED) is 0.841. The Hall–Kier alpha value is -0.940. The number of benzene rings is 1. The van der Waals surface area contributed by atoms with Crippen molar-refractivity contribution in [2.75, 3.05) is 7.05 Å². The summed E-state index contributed by atoms with van der Waals surface area (Å²) in [5.41, 5.74) is 4.05. The highest BCUT2D eigenvalue weighted by Gasteiger charge is 2.30. The second-order valence-electron chi connectivity index (χ2n) is 5.01.